The largest absolute Gasteiger partial charge is 0.504 e. The predicted molar refractivity (Wildman–Crippen MR) is 84.7 cm³/mol. The summed E-state index contributed by atoms with van der Waals surface area (Å²) in [5.41, 5.74) is -0.117. The van der Waals surface area contributed by atoms with Crippen LogP contribution in [0.3, 0.4) is 0 Å². The molecule has 10 heteroatoms. The van der Waals surface area contributed by atoms with Gasteiger partial charge in [0.2, 0.25) is 12.0 Å². The first-order chi connectivity index (χ1) is 12.3. The van der Waals surface area contributed by atoms with Gasteiger partial charge in [0, 0.05) is 0 Å². The van der Waals surface area contributed by atoms with Crippen LogP contribution < -0.4 is 4.74 Å². The first-order valence-corrected chi connectivity index (χ1v) is 8.00. The van der Waals surface area contributed by atoms with Gasteiger partial charge in [-0.25, -0.2) is 4.79 Å². The number of aliphatic hydroxyl groups excluding tert-OH is 4. The molecule has 1 fully saturated rings. The highest BCUT2D eigenvalue weighted by Gasteiger charge is 2.45. The molecule has 1 aromatic rings. The molecule has 5 atom stereocenters. The average Bonchev–Trinajstić information content (AvgIpc) is 2.63. The lowest BCUT2D eigenvalue weighted by Gasteiger charge is -2.39. The molecule has 1 aromatic carbocycles. The number of hydrogen-bond acceptors (Lipinski definition) is 10. The summed E-state index contributed by atoms with van der Waals surface area (Å²) < 4.78 is 15.3. The molecule has 0 aromatic heterocycles. The summed E-state index contributed by atoms with van der Waals surface area (Å²) in [7, 11) is 0. The third-order valence-electron chi connectivity index (χ3n) is 3.82. The number of carbonyl (C=O) groups is 1. The number of hydrogen-bond donors (Lipinski definition) is 6. The van der Waals surface area contributed by atoms with Crippen molar-refractivity contribution in [3.8, 4) is 17.2 Å². The highest BCUT2D eigenvalue weighted by atomic mass is 16.7. The monoisotopic (exact) mass is 374 g/mol. The molecule has 1 unspecified atom stereocenters. The summed E-state index contributed by atoms with van der Waals surface area (Å²) in [6, 6.07) is 2.04. The Hall–Kier alpha value is -2.11. The summed E-state index contributed by atoms with van der Waals surface area (Å²) in [6.45, 7) is 1.30. The number of ether oxygens (including phenoxy) is 3. The van der Waals surface area contributed by atoms with Crippen molar-refractivity contribution in [2.75, 3.05) is 13.2 Å². The molecule has 26 heavy (non-hydrogen) atoms. The molecular weight excluding hydrogens is 352 g/mol. The van der Waals surface area contributed by atoms with E-state index in [1.165, 1.54) is 0 Å². The summed E-state index contributed by atoms with van der Waals surface area (Å²) >= 11 is 0. The second-order valence-corrected chi connectivity index (χ2v) is 5.79. The Labute approximate surface area is 148 Å². The number of phenolic OH excluding ortho intramolecular Hbond substituents is 2. The van der Waals surface area contributed by atoms with Gasteiger partial charge in [0.15, 0.2) is 11.5 Å². The number of esters is 1. The number of aliphatic hydroxyl groups is 4. The van der Waals surface area contributed by atoms with Crippen molar-refractivity contribution < 1.29 is 49.6 Å². The summed E-state index contributed by atoms with van der Waals surface area (Å²) in [6.07, 6.45) is -7.19. The van der Waals surface area contributed by atoms with Crippen LogP contribution in [0.2, 0.25) is 0 Å². The maximum absolute atomic E-state index is 11.9. The van der Waals surface area contributed by atoms with Gasteiger partial charge in [-0.05, 0) is 18.6 Å². The maximum atomic E-state index is 11.9. The molecule has 1 saturated heterocycles. The van der Waals surface area contributed by atoms with E-state index in [2.05, 4.69) is 0 Å². The van der Waals surface area contributed by atoms with Gasteiger partial charge in [0.25, 0.3) is 0 Å². The minimum absolute atomic E-state index is 0.117. The molecule has 0 spiro atoms. The third kappa shape index (κ3) is 4.17. The Morgan fingerprint density at radius 3 is 2.46 bits per heavy atom. The molecule has 146 valence electrons. The quantitative estimate of drug-likeness (QED) is 0.264. The topological polar surface area (TPSA) is 166 Å². The Balaban J connectivity index is 2.25. The van der Waals surface area contributed by atoms with Gasteiger partial charge in [-0.2, -0.15) is 0 Å². The van der Waals surface area contributed by atoms with E-state index >= 15 is 0 Å². The van der Waals surface area contributed by atoms with E-state index in [1.54, 1.807) is 6.92 Å². The Bertz CT molecular complexity index is 632. The number of carbonyl (C=O) groups excluding carboxylic acids is 1. The van der Waals surface area contributed by atoms with Crippen molar-refractivity contribution in [1.82, 2.24) is 0 Å². The fourth-order valence-electron chi connectivity index (χ4n) is 2.37. The van der Waals surface area contributed by atoms with E-state index in [4.69, 9.17) is 19.3 Å². The van der Waals surface area contributed by atoms with Crippen molar-refractivity contribution >= 4 is 5.97 Å². The Morgan fingerprint density at radius 1 is 1.15 bits per heavy atom. The SMILES string of the molecule is CCCOC(=O)c1cc(O)c(O)c(OC2O[C@H](CO)[C@@H](O)[C@H](O)[C@H]2O)c1. The second-order valence-electron chi connectivity index (χ2n) is 5.79. The van der Waals surface area contributed by atoms with Gasteiger partial charge in [-0.3, -0.25) is 0 Å². The van der Waals surface area contributed by atoms with E-state index in [0.717, 1.165) is 12.1 Å². The van der Waals surface area contributed by atoms with Crippen LogP contribution >= 0.6 is 0 Å². The summed E-state index contributed by atoms with van der Waals surface area (Å²) in [5, 5.41) is 58.3. The predicted octanol–water partition coefficient (Wildman–Crippen LogP) is -1.16. The normalized spacial score (nSPS) is 28.6. The molecule has 0 saturated carbocycles. The molecule has 0 bridgehead atoms. The van der Waals surface area contributed by atoms with Crippen molar-refractivity contribution in [3.63, 3.8) is 0 Å². The van der Waals surface area contributed by atoms with Gasteiger partial charge in [0.05, 0.1) is 18.8 Å². The fraction of sp³-hybridized carbons (Fsp3) is 0.562. The van der Waals surface area contributed by atoms with E-state index in [0.29, 0.717) is 6.42 Å². The molecule has 2 rings (SSSR count). The van der Waals surface area contributed by atoms with Crippen LogP contribution in [-0.4, -0.2) is 80.5 Å². The van der Waals surface area contributed by atoms with Crippen LogP contribution in [0.25, 0.3) is 0 Å². The molecular formula is C16H22O10. The Kier molecular flexibility index (Phi) is 6.62. The summed E-state index contributed by atoms with van der Waals surface area (Å²) in [5.74, 6) is -2.58. The lowest BCUT2D eigenvalue weighted by molar-refractivity contribution is -0.277. The van der Waals surface area contributed by atoms with Crippen molar-refractivity contribution in [3.05, 3.63) is 17.7 Å². The van der Waals surface area contributed by atoms with Crippen LogP contribution in [0.15, 0.2) is 12.1 Å². The van der Waals surface area contributed by atoms with Crippen LogP contribution in [0.5, 0.6) is 17.2 Å². The van der Waals surface area contributed by atoms with Gasteiger partial charge in [0.1, 0.15) is 24.4 Å². The van der Waals surface area contributed by atoms with Crippen molar-refractivity contribution in [1.29, 1.82) is 0 Å². The first-order valence-electron chi connectivity index (χ1n) is 8.00. The molecule has 6 N–H and O–H groups in total. The minimum atomic E-state index is -1.72. The summed E-state index contributed by atoms with van der Waals surface area (Å²) in [4.78, 5) is 11.9. The van der Waals surface area contributed by atoms with Crippen LogP contribution in [0.1, 0.15) is 23.7 Å². The van der Waals surface area contributed by atoms with Gasteiger partial charge < -0.3 is 44.8 Å². The molecule has 0 amide bonds. The standard InChI is InChI=1S/C16H22O10/c1-2-3-24-15(23)7-4-8(18)11(19)9(5-7)25-16-14(22)13(21)12(20)10(6-17)26-16/h4-5,10,12-14,16-22H,2-3,6H2,1H3/t10-,12-,13+,14-,16?/m1/s1. The van der Waals surface area contributed by atoms with Crippen molar-refractivity contribution in [2.45, 2.75) is 44.1 Å². The molecule has 10 nitrogen and oxygen atoms in total. The lowest BCUT2D eigenvalue weighted by Crippen LogP contribution is -2.60. The van der Waals surface area contributed by atoms with Gasteiger partial charge in [-0.1, -0.05) is 6.92 Å². The number of phenols is 2. The molecule has 0 radical (unpaired) electrons. The van der Waals surface area contributed by atoms with Crippen molar-refractivity contribution in [2.24, 2.45) is 0 Å². The number of aromatic hydroxyl groups is 2. The maximum Gasteiger partial charge on any atom is 0.338 e. The average molecular weight is 374 g/mol. The van der Waals surface area contributed by atoms with E-state index in [9.17, 15) is 30.3 Å². The zero-order chi connectivity index (χ0) is 19.4. The molecule has 1 aliphatic rings. The van der Waals surface area contributed by atoms with Crippen LogP contribution in [0, 0.1) is 0 Å². The van der Waals surface area contributed by atoms with Crippen LogP contribution in [0.4, 0.5) is 0 Å². The van der Waals surface area contributed by atoms with Crippen LogP contribution in [-0.2, 0) is 9.47 Å². The third-order valence-corrected chi connectivity index (χ3v) is 3.82. The molecule has 1 aliphatic heterocycles. The van der Waals surface area contributed by atoms with Gasteiger partial charge >= 0.3 is 5.97 Å². The Morgan fingerprint density at radius 2 is 1.85 bits per heavy atom. The minimum Gasteiger partial charge on any atom is -0.504 e. The van der Waals surface area contributed by atoms with Gasteiger partial charge in [-0.15, -0.1) is 0 Å². The highest BCUT2D eigenvalue weighted by Crippen LogP contribution is 2.38. The van der Waals surface area contributed by atoms with E-state index in [1.807, 2.05) is 0 Å². The number of rotatable bonds is 6. The molecule has 1 heterocycles. The highest BCUT2D eigenvalue weighted by molar-refractivity contribution is 5.91. The zero-order valence-electron chi connectivity index (χ0n) is 14.0. The smallest absolute Gasteiger partial charge is 0.338 e. The molecule has 0 aliphatic carbocycles. The lowest BCUT2D eigenvalue weighted by atomic mass is 9.99. The zero-order valence-corrected chi connectivity index (χ0v) is 14.0. The van der Waals surface area contributed by atoms with E-state index < -0.39 is 60.5 Å². The first kappa shape index (κ1) is 20.2. The number of benzene rings is 1. The van der Waals surface area contributed by atoms with E-state index in [-0.39, 0.29) is 12.2 Å². The fourth-order valence-corrected chi connectivity index (χ4v) is 2.37. The second kappa shape index (κ2) is 8.52.